The van der Waals surface area contributed by atoms with Gasteiger partial charge in [0.05, 0.1) is 0 Å². The van der Waals surface area contributed by atoms with Crippen LogP contribution in [0.15, 0.2) is 42.7 Å². The molecule has 4 rings (SSSR count). The van der Waals surface area contributed by atoms with Gasteiger partial charge in [0.1, 0.15) is 0 Å². The molecule has 1 heterocycles. The van der Waals surface area contributed by atoms with E-state index in [0.717, 1.165) is 16.6 Å². The van der Waals surface area contributed by atoms with Crippen molar-refractivity contribution in [3.8, 4) is 11.3 Å². The maximum absolute atomic E-state index is 4.76. The number of hydrogen-bond acceptors (Lipinski definition) is 2. The van der Waals surface area contributed by atoms with Gasteiger partial charge in [0.15, 0.2) is 0 Å². The minimum absolute atomic E-state index is 1.03. The zero-order valence-corrected chi connectivity index (χ0v) is 20.0. The number of fused-ring (bicyclic) bond motifs is 3. The molecular weight excluding hydrogens is 401 g/mol. The summed E-state index contributed by atoms with van der Waals surface area (Å²) in [5, 5.41) is 3.72. The van der Waals surface area contributed by atoms with E-state index in [1.165, 1.54) is 38.6 Å². The first kappa shape index (κ1) is 19.1. The van der Waals surface area contributed by atoms with Gasteiger partial charge in [0.25, 0.3) is 0 Å². The summed E-state index contributed by atoms with van der Waals surface area (Å²) in [7, 11) is 0. The molecule has 0 aliphatic heterocycles. The van der Waals surface area contributed by atoms with Gasteiger partial charge >= 0.3 is 171 Å². The molecule has 0 N–H and O–H groups in total. The van der Waals surface area contributed by atoms with Crippen molar-refractivity contribution in [1.29, 1.82) is 0 Å². The molecule has 0 radical (unpaired) electrons. The predicted octanol–water partition coefficient (Wildman–Crippen LogP) is 6.23. The Labute approximate surface area is 170 Å². The van der Waals surface area contributed by atoms with Crippen LogP contribution >= 0.6 is 0 Å². The summed E-state index contributed by atoms with van der Waals surface area (Å²) >= 11 is -2.01. The van der Waals surface area contributed by atoms with Gasteiger partial charge in [-0.05, 0) is 0 Å². The number of rotatable bonds is 2. The SMILES string of the molecule is Cc1cc(C)cc(-c2ncnc3c2ccc2cc(C)[c]([Ge]([CH3])([CH3])[CH3])c(C)c23)c1. The van der Waals surface area contributed by atoms with E-state index >= 15 is 0 Å². The second kappa shape index (κ2) is 6.70. The standard InChI is InChI=1S/C25H28GeN2/c1-15-10-16(2)12-20(11-15)24-21-9-8-19-13-17(3)23(26(5,6)7)18(4)22(19)25(21)28-14-27-24/h8-14H,1-7H3. The van der Waals surface area contributed by atoms with Crippen LogP contribution in [0.5, 0.6) is 0 Å². The predicted molar refractivity (Wildman–Crippen MR) is 124 cm³/mol. The Balaban J connectivity index is 2.12. The number of aromatic nitrogens is 2. The zero-order valence-electron chi connectivity index (χ0n) is 17.9. The second-order valence-corrected chi connectivity index (χ2v) is 19.6. The topological polar surface area (TPSA) is 25.8 Å². The van der Waals surface area contributed by atoms with E-state index in [2.05, 4.69) is 86.3 Å². The van der Waals surface area contributed by atoms with Crippen LogP contribution in [0.2, 0.25) is 17.3 Å². The van der Waals surface area contributed by atoms with E-state index in [9.17, 15) is 0 Å². The Hall–Kier alpha value is -2.20. The third kappa shape index (κ3) is 3.14. The molecule has 0 spiro atoms. The van der Waals surface area contributed by atoms with Crippen LogP contribution in [-0.2, 0) is 0 Å². The normalized spacial score (nSPS) is 12.1. The molecule has 3 aromatic carbocycles. The van der Waals surface area contributed by atoms with Crippen LogP contribution in [0.25, 0.3) is 32.9 Å². The van der Waals surface area contributed by atoms with Gasteiger partial charge in [-0.15, -0.1) is 0 Å². The third-order valence-electron chi connectivity index (χ3n) is 5.60. The van der Waals surface area contributed by atoms with Crippen molar-refractivity contribution in [2.45, 2.75) is 45.0 Å². The Morgan fingerprint density at radius 2 is 1.46 bits per heavy atom. The molecule has 0 unspecified atom stereocenters. The summed E-state index contributed by atoms with van der Waals surface area (Å²) in [6.45, 7) is 8.84. The Morgan fingerprint density at radius 1 is 0.786 bits per heavy atom. The van der Waals surface area contributed by atoms with Gasteiger partial charge in [-0.25, -0.2) is 0 Å². The molecule has 4 aromatic rings. The van der Waals surface area contributed by atoms with Gasteiger partial charge in [-0.1, -0.05) is 0 Å². The molecule has 0 saturated heterocycles. The molecule has 0 saturated carbocycles. The maximum atomic E-state index is 4.76. The number of benzene rings is 3. The fourth-order valence-electron chi connectivity index (χ4n) is 4.88. The monoisotopic (exact) mass is 430 g/mol. The van der Waals surface area contributed by atoms with E-state index in [-0.39, 0.29) is 0 Å². The van der Waals surface area contributed by atoms with Crippen molar-refractivity contribution in [3.05, 3.63) is 65.0 Å². The van der Waals surface area contributed by atoms with Crippen molar-refractivity contribution in [2.24, 2.45) is 0 Å². The van der Waals surface area contributed by atoms with E-state index in [1.54, 1.807) is 10.7 Å². The Bertz CT molecular complexity index is 1210. The van der Waals surface area contributed by atoms with Crippen LogP contribution in [0.3, 0.4) is 0 Å². The molecule has 28 heavy (non-hydrogen) atoms. The van der Waals surface area contributed by atoms with Crippen LogP contribution in [0, 0.1) is 27.7 Å². The molecular formula is C25H28GeN2. The van der Waals surface area contributed by atoms with Crippen molar-refractivity contribution < 1.29 is 0 Å². The Kier molecular flexibility index (Phi) is 4.58. The van der Waals surface area contributed by atoms with Crippen LogP contribution in [0.1, 0.15) is 22.3 Å². The van der Waals surface area contributed by atoms with Gasteiger partial charge in [0.2, 0.25) is 0 Å². The van der Waals surface area contributed by atoms with Crippen LogP contribution < -0.4 is 4.40 Å². The molecule has 3 heteroatoms. The first-order valence-corrected chi connectivity index (χ1v) is 17.3. The van der Waals surface area contributed by atoms with Gasteiger partial charge in [-0.3, -0.25) is 0 Å². The van der Waals surface area contributed by atoms with E-state index < -0.39 is 13.3 Å². The van der Waals surface area contributed by atoms with Crippen LogP contribution in [0.4, 0.5) is 0 Å². The molecule has 0 bridgehead atoms. The fraction of sp³-hybridized carbons (Fsp3) is 0.280. The minimum atomic E-state index is -2.01. The number of hydrogen-bond donors (Lipinski definition) is 0. The zero-order chi connectivity index (χ0) is 20.2. The summed E-state index contributed by atoms with van der Waals surface area (Å²) in [5.41, 5.74) is 8.64. The molecule has 0 fully saturated rings. The van der Waals surface area contributed by atoms with Gasteiger partial charge < -0.3 is 0 Å². The van der Waals surface area contributed by atoms with Gasteiger partial charge in [-0.2, -0.15) is 0 Å². The van der Waals surface area contributed by atoms with E-state index in [0.29, 0.717) is 0 Å². The fourth-order valence-corrected chi connectivity index (χ4v) is 10.1. The van der Waals surface area contributed by atoms with Crippen molar-refractivity contribution in [2.75, 3.05) is 0 Å². The molecule has 0 aliphatic carbocycles. The average Bonchev–Trinajstić information content (AvgIpc) is 2.58. The van der Waals surface area contributed by atoms with Crippen molar-refractivity contribution in [3.63, 3.8) is 0 Å². The average molecular weight is 429 g/mol. The number of aryl methyl sites for hydroxylation is 4. The van der Waals surface area contributed by atoms with Crippen molar-refractivity contribution in [1.82, 2.24) is 9.97 Å². The first-order valence-electron chi connectivity index (χ1n) is 9.93. The molecule has 2 nitrogen and oxygen atoms in total. The quantitative estimate of drug-likeness (QED) is 0.279. The van der Waals surface area contributed by atoms with Crippen LogP contribution in [-0.4, -0.2) is 23.2 Å². The first-order chi connectivity index (χ1) is 13.2. The van der Waals surface area contributed by atoms with E-state index in [1.807, 2.05) is 0 Å². The molecule has 142 valence electrons. The summed E-state index contributed by atoms with van der Waals surface area (Å²) < 4.78 is 1.60. The molecule has 0 atom stereocenters. The summed E-state index contributed by atoms with van der Waals surface area (Å²) in [4.78, 5) is 9.45. The molecule has 1 aromatic heterocycles. The Morgan fingerprint density at radius 3 is 2.11 bits per heavy atom. The summed E-state index contributed by atoms with van der Waals surface area (Å²) in [6, 6.07) is 13.4. The second-order valence-electron chi connectivity index (χ2n) is 9.10. The third-order valence-corrected chi connectivity index (χ3v) is 10.4. The summed E-state index contributed by atoms with van der Waals surface area (Å²) in [5.74, 6) is 7.42. The van der Waals surface area contributed by atoms with Gasteiger partial charge in [0, 0.05) is 0 Å². The summed E-state index contributed by atoms with van der Waals surface area (Å²) in [6.07, 6.45) is 1.73. The van der Waals surface area contributed by atoms with E-state index in [4.69, 9.17) is 4.98 Å². The van der Waals surface area contributed by atoms with Crippen molar-refractivity contribution >= 4 is 39.3 Å². The number of nitrogens with zero attached hydrogens (tertiary/aromatic N) is 2. The molecule has 0 amide bonds. The molecule has 0 aliphatic rings.